The second kappa shape index (κ2) is 8.00. The molecule has 1 aromatic carbocycles. The number of amides is 1. The lowest BCUT2D eigenvalue weighted by molar-refractivity contribution is -0.120. The number of pyridine rings is 1. The molecule has 9 heteroatoms. The number of rotatable bonds is 3. The van der Waals surface area contributed by atoms with Crippen molar-refractivity contribution < 1.29 is 18.0 Å². The number of halogens is 3. The number of hydrogen-bond acceptors (Lipinski definition) is 5. The molecule has 0 saturated carbocycles. The van der Waals surface area contributed by atoms with Crippen molar-refractivity contribution in [2.45, 2.75) is 76.2 Å². The minimum Gasteiger partial charge on any atom is -0.362 e. The highest BCUT2D eigenvalue weighted by atomic mass is 19.4. The Balaban J connectivity index is 1.63. The number of carbonyl (C=O) groups excluding carboxylic acids is 1. The molecule has 37 heavy (non-hydrogen) atoms. The van der Waals surface area contributed by atoms with Gasteiger partial charge in [0.05, 0.1) is 11.0 Å². The van der Waals surface area contributed by atoms with Crippen LogP contribution in [-0.2, 0) is 23.1 Å². The van der Waals surface area contributed by atoms with Crippen LogP contribution in [0.25, 0.3) is 11.1 Å². The third-order valence-corrected chi connectivity index (χ3v) is 8.05. The van der Waals surface area contributed by atoms with Gasteiger partial charge in [-0.2, -0.15) is 18.3 Å². The first-order valence-electron chi connectivity index (χ1n) is 12.7. The molecule has 0 spiro atoms. The Morgan fingerprint density at radius 3 is 2.73 bits per heavy atom. The molecule has 6 rings (SSSR count). The van der Waals surface area contributed by atoms with Crippen molar-refractivity contribution in [3.63, 3.8) is 0 Å². The number of aryl methyl sites for hydroxylation is 1. The van der Waals surface area contributed by atoms with Gasteiger partial charge in [-0.25, -0.2) is 0 Å². The molecular weight excluding hydrogens is 479 g/mol. The van der Waals surface area contributed by atoms with Crippen molar-refractivity contribution in [3.8, 4) is 11.1 Å². The molecule has 0 saturated heterocycles. The summed E-state index contributed by atoms with van der Waals surface area (Å²) in [7, 11) is 0. The molecular formula is C28H28F3N5O. The number of alkyl halides is 3. The summed E-state index contributed by atoms with van der Waals surface area (Å²) < 4.78 is 42.9. The average Bonchev–Trinajstić information content (AvgIpc) is 3.49. The monoisotopic (exact) mass is 507 g/mol. The number of nitrogens with one attached hydrogen (secondary N) is 2. The fourth-order valence-electron chi connectivity index (χ4n) is 6.61. The second-order valence-corrected chi connectivity index (χ2v) is 10.9. The largest absolute Gasteiger partial charge is 0.435 e. The van der Waals surface area contributed by atoms with Crippen molar-refractivity contribution >= 4 is 5.91 Å². The van der Waals surface area contributed by atoms with Gasteiger partial charge < -0.3 is 10.6 Å². The summed E-state index contributed by atoms with van der Waals surface area (Å²) in [5, 5.41) is 13.8. The van der Waals surface area contributed by atoms with Crippen LogP contribution in [0.2, 0.25) is 0 Å². The molecule has 3 aliphatic heterocycles. The van der Waals surface area contributed by atoms with E-state index in [-0.39, 0.29) is 17.9 Å². The quantitative estimate of drug-likeness (QED) is 0.564. The van der Waals surface area contributed by atoms with E-state index in [1.54, 1.807) is 6.20 Å². The predicted octanol–water partition coefficient (Wildman–Crippen LogP) is 5.65. The summed E-state index contributed by atoms with van der Waals surface area (Å²) in [5.41, 5.74) is 2.87. The van der Waals surface area contributed by atoms with Crippen LogP contribution in [0.5, 0.6) is 0 Å². The molecule has 6 nitrogen and oxygen atoms in total. The van der Waals surface area contributed by atoms with Crippen LogP contribution in [-0.4, -0.2) is 28.8 Å². The van der Waals surface area contributed by atoms with Crippen LogP contribution in [0, 0.1) is 0 Å². The zero-order valence-corrected chi connectivity index (χ0v) is 21.0. The summed E-state index contributed by atoms with van der Waals surface area (Å²) >= 11 is 0. The predicted molar refractivity (Wildman–Crippen MR) is 132 cm³/mol. The van der Waals surface area contributed by atoms with Gasteiger partial charge >= 0.3 is 6.18 Å². The summed E-state index contributed by atoms with van der Waals surface area (Å²) in [4.78, 5) is 18.2. The van der Waals surface area contributed by atoms with Crippen LogP contribution in [0.1, 0.15) is 56.9 Å². The smallest absolute Gasteiger partial charge is 0.362 e. The Kier molecular flexibility index (Phi) is 5.17. The summed E-state index contributed by atoms with van der Waals surface area (Å²) in [6, 6.07) is 9.57. The minimum atomic E-state index is -4.71. The second-order valence-electron chi connectivity index (χ2n) is 10.9. The van der Waals surface area contributed by atoms with Crippen molar-refractivity contribution in [1.29, 1.82) is 0 Å². The fraction of sp³-hybridized carbons (Fsp3) is 0.429. The van der Waals surface area contributed by atoms with E-state index in [4.69, 9.17) is 0 Å². The number of fused-ring (bicyclic) bond motifs is 2. The van der Waals surface area contributed by atoms with Gasteiger partial charge in [0.15, 0.2) is 11.9 Å². The van der Waals surface area contributed by atoms with Gasteiger partial charge in [0.1, 0.15) is 0 Å². The highest BCUT2D eigenvalue weighted by molar-refractivity contribution is 6.00. The van der Waals surface area contributed by atoms with Crippen LogP contribution in [0.3, 0.4) is 0 Å². The Hall–Kier alpha value is -3.49. The average molecular weight is 508 g/mol. The molecule has 4 aliphatic rings. The third kappa shape index (κ3) is 3.54. The fourth-order valence-corrected chi connectivity index (χ4v) is 6.61. The van der Waals surface area contributed by atoms with E-state index in [0.717, 1.165) is 36.1 Å². The highest BCUT2D eigenvalue weighted by Crippen LogP contribution is 2.55. The molecule has 2 N–H and O–H groups in total. The van der Waals surface area contributed by atoms with Crippen molar-refractivity contribution in [2.75, 3.05) is 0 Å². The van der Waals surface area contributed by atoms with Gasteiger partial charge in [0, 0.05) is 35.1 Å². The van der Waals surface area contributed by atoms with E-state index in [2.05, 4.69) is 25.8 Å². The zero-order valence-electron chi connectivity index (χ0n) is 21.0. The summed E-state index contributed by atoms with van der Waals surface area (Å²) in [6.07, 6.45) is -0.328. The van der Waals surface area contributed by atoms with Crippen molar-refractivity contribution in [3.05, 3.63) is 75.9 Å². The number of benzene rings is 1. The van der Waals surface area contributed by atoms with Gasteiger partial charge in [-0.05, 0) is 73.9 Å². The van der Waals surface area contributed by atoms with E-state index < -0.39 is 29.0 Å². The molecule has 0 bridgehead atoms. The molecule has 0 radical (unpaired) electrons. The first-order valence-corrected chi connectivity index (χ1v) is 12.7. The van der Waals surface area contributed by atoms with Crippen LogP contribution in [0.15, 0.2) is 69.3 Å². The van der Waals surface area contributed by atoms with Crippen LogP contribution >= 0.6 is 0 Å². The molecule has 2 unspecified atom stereocenters. The number of hydrogen-bond donors (Lipinski definition) is 2. The van der Waals surface area contributed by atoms with Crippen molar-refractivity contribution in [2.24, 2.45) is 10.2 Å². The van der Waals surface area contributed by atoms with Gasteiger partial charge in [-0.3, -0.25) is 9.78 Å². The Bertz CT molecular complexity index is 1420. The number of azo groups is 1. The first kappa shape index (κ1) is 23.9. The van der Waals surface area contributed by atoms with E-state index in [0.29, 0.717) is 23.3 Å². The van der Waals surface area contributed by atoms with Gasteiger partial charge in [-0.1, -0.05) is 25.1 Å². The molecule has 1 aliphatic carbocycles. The number of aromatic nitrogens is 1. The lowest BCUT2D eigenvalue weighted by Crippen LogP contribution is -2.58. The van der Waals surface area contributed by atoms with E-state index in [9.17, 15) is 18.0 Å². The Morgan fingerprint density at radius 2 is 1.97 bits per heavy atom. The Labute approximate surface area is 213 Å². The standard InChI is InChI=1S/C28H28F3N5O/c1-4-27(16-8-5-7-15(13-16)17-11-12-32-19-10-6-9-18(17)19)21-20(14-26(2,3)34-25(21)37)33-24-22(27)23(35-36-24)28(29,30)31/h5,7-8,11-13,24,33H,4,6,9-10,14H2,1-3H3,(H,34,37). The van der Waals surface area contributed by atoms with Crippen molar-refractivity contribution in [1.82, 2.24) is 15.6 Å². The maximum Gasteiger partial charge on any atom is 0.435 e. The summed E-state index contributed by atoms with van der Waals surface area (Å²) in [6.45, 7) is 5.63. The molecule has 1 amide bonds. The van der Waals surface area contributed by atoms with Gasteiger partial charge in [0.25, 0.3) is 5.91 Å². The first-order chi connectivity index (χ1) is 17.5. The molecule has 4 heterocycles. The summed E-state index contributed by atoms with van der Waals surface area (Å²) in [5.74, 6) is -0.366. The zero-order chi connectivity index (χ0) is 26.2. The molecule has 192 valence electrons. The van der Waals surface area contributed by atoms with Gasteiger partial charge in [0.2, 0.25) is 0 Å². The normalized spacial score (nSPS) is 26.0. The maximum absolute atomic E-state index is 14.3. The SMILES string of the molecule is CCC1(c2cccc(-c3ccnc4c3CCC4)c2)C2=C(CC(C)(C)NC2=O)NC2N=NC(C(F)(F)F)=C21. The highest BCUT2D eigenvalue weighted by Gasteiger charge is 2.57. The topological polar surface area (TPSA) is 78.7 Å². The number of carbonyl (C=O) groups is 1. The van der Waals surface area contributed by atoms with Gasteiger partial charge in [-0.15, -0.1) is 5.11 Å². The third-order valence-electron chi connectivity index (χ3n) is 8.05. The molecule has 1 aromatic heterocycles. The maximum atomic E-state index is 14.3. The molecule has 2 aromatic rings. The molecule has 0 fully saturated rings. The van der Waals surface area contributed by atoms with E-state index in [1.165, 1.54) is 5.56 Å². The number of allylic oxidation sites excluding steroid dienone is 1. The number of nitrogens with zero attached hydrogens (tertiary/aromatic N) is 3. The van der Waals surface area contributed by atoms with Crippen LogP contribution in [0.4, 0.5) is 13.2 Å². The van der Waals surface area contributed by atoms with E-state index in [1.807, 2.05) is 51.1 Å². The lowest BCUT2D eigenvalue weighted by atomic mass is 9.61. The minimum absolute atomic E-state index is 0.00628. The van der Waals surface area contributed by atoms with E-state index >= 15 is 0 Å². The van der Waals surface area contributed by atoms with Crippen LogP contribution < -0.4 is 10.6 Å². The molecule has 2 atom stereocenters. The Morgan fingerprint density at radius 1 is 1.16 bits per heavy atom. The lowest BCUT2D eigenvalue weighted by Gasteiger charge is -2.48.